The number of aliphatic hydroxyl groups is 1. The summed E-state index contributed by atoms with van der Waals surface area (Å²) >= 11 is 0. The van der Waals surface area contributed by atoms with Gasteiger partial charge < -0.3 is 10.4 Å². The maximum atomic E-state index is 10.9. The van der Waals surface area contributed by atoms with Crippen LogP contribution in [-0.2, 0) is 0 Å². The predicted molar refractivity (Wildman–Crippen MR) is 87.3 cm³/mol. The molecule has 1 aromatic carbocycles. The molecule has 0 aliphatic heterocycles. The Morgan fingerprint density at radius 1 is 1.05 bits per heavy atom. The number of rotatable bonds is 6. The maximum Gasteiger partial charge on any atom is 0.0950 e. The van der Waals surface area contributed by atoms with Crippen LogP contribution in [0.5, 0.6) is 0 Å². The van der Waals surface area contributed by atoms with Crippen molar-refractivity contribution >= 4 is 0 Å². The van der Waals surface area contributed by atoms with E-state index in [2.05, 4.69) is 59.8 Å². The molecule has 0 aromatic heterocycles. The highest BCUT2D eigenvalue weighted by molar-refractivity contribution is 5.45. The largest absolute Gasteiger partial charge is 0.387 e. The van der Waals surface area contributed by atoms with Crippen LogP contribution in [-0.4, -0.2) is 17.7 Å². The number of hydrogen-bond acceptors (Lipinski definition) is 2. The highest BCUT2D eigenvalue weighted by Gasteiger charge is 2.26. The average Bonchev–Trinajstić information content (AvgIpc) is 2.37. The summed E-state index contributed by atoms with van der Waals surface area (Å²) in [5, 5.41) is 14.4. The van der Waals surface area contributed by atoms with Crippen molar-refractivity contribution in [3.63, 3.8) is 0 Å². The van der Waals surface area contributed by atoms with E-state index in [0.29, 0.717) is 5.92 Å². The van der Waals surface area contributed by atoms with Crippen molar-refractivity contribution in [1.82, 2.24) is 5.32 Å². The molecule has 2 nitrogen and oxygen atoms in total. The fourth-order valence-corrected chi connectivity index (χ4v) is 2.89. The van der Waals surface area contributed by atoms with Gasteiger partial charge in [0.25, 0.3) is 0 Å². The Morgan fingerprint density at radius 3 is 1.95 bits per heavy atom. The van der Waals surface area contributed by atoms with Crippen LogP contribution in [0, 0.1) is 33.6 Å². The summed E-state index contributed by atoms with van der Waals surface area (Å²) in [4.78, 5) is 0. The quantitative estimate of drug-likeness (QED) is 0.824. The zero-order valence-electron chi connectivity index (χ0n) is 14.2. The van der Waals surface area contributed by atoms with Crippen molar-refractivity contribution < 1.29 is 5.11 Å². The van der Waals surface area contributed by atoms with Crippen molar-refractivity contribution in [3.05, 3.63) is 33.9 Å². The first-order valence-corrected chi connectivity index (χ1v) is 7.79. The lowest BCUT2D eigenvalue weighted by Gasteiger charge is -2.31. The summed E-state index contributed by atoms with van der Waals surface area (Å²) in [5.74, 6) is 0.399. The Balaban J connectivity index is 3.20. The fourth-order valence-electron chi connectivity index (χ4n) is 2.89. The Morgan fingerprint density at radius 2 is 1.55 bits per heavy atom. The van der Waals surface area contributed by atoms with Crippen molar-refractivity contribution in [2.45, 2.75) is 67.0 Å². The van der Waals surface area contributed by atoms with Gasteiger partial charge in [-0.15, -0.1) is 0 Å². The lowest BCUT2D eigenvalue weighted by Crippen LogP contribution is -2.40. The van der Waals surface area contributed by atoms with Gasteiger partial charge in [0.05, 0.1) is 6.10 Å². The normalized spacial score (nSPS) is 14.7. The maximum absolute atomic E-state index is 10.9. The highest BCUT2D eigenvalue weighted by Crippen LogP contribution is 2.31. The summed E-state index contributed by atoms with van der Waals surface area (Å²) in [6.45, 7) is 15.9. The molecular weight excluding hydrogens is 246 g/mol. The smallest absolute Gasteiger partial charge is 0.0950 e. The minimum Gasteiger partial charge on any atom is -0.387 e. The van der Waals surface area contributed by atoms with Gasteiger partial charge in [-0.05, 0) is 74.4 Å². The van der Waals surface area contributed by atoms with Crippen molar-refractivity contribution in [2.75, 3.05) is 6.54 Å². The van der Waals surface area contributed by atoms with E-state index in [1.807, 2.05) is 0 Å². The molecule has 20 heavy (non-hydrogen) atoms. The van der Waals surface area contributed by atoms with Gasteiger partial charge in [0, 0.05) is 6.04 Å². The molecule has 2 atom stereocenters. The summed E-state index contributed by atoms with van der Waals surface area (Å²) in [6.07, 6.45) is 0.640. The zero-order valence-corrected chi connectivity index (χ0v) is 14.2. The van der Waals surface area contributed by atoms with Gasteiger partial charge in [0.15, 0.2) is 0 Å². The predicted octanol–water partition coefficient (Wildman–Crippen LogP) is 3.98. The third-order valence-corrected chi connectivity index (χ3v) is 4.41. The Kier molecular flexibility index (Phi) is 6.22. The van der Waals surface area contributed by atoms with E-state index in [1.54, 1.807) is 0 Å². The first-order valence-electron chi connectivity index (χ1n) is 7.79. The van der Waals surface area contributed by atoms with E-state index in [0.717, 1.165) is 18.5 Å². The average molecular weight is 277 g/mol. The molecule has 0 heterocycles. The summed E-state index contributed by atoms with van der Waals surface area (Å²) in [7, 11) is 0. The van der Waals surface area contributed by atoms with E-state index in [9.17, 15) is 5.11 Å². The standard InChI is InChI=1S/C18H31NO/c1-8-9-19-17(11(2)3)18(20)16-14(6)12(4)10-13(5)15(16)7/h10-11,17-20H,8-9H2,1-7H3. The van der Waals surface area contributed by atoms with Gasteiger partial charge in [0.1, 0.15) is 0 Å². The Bertz CT molecular complexity index is 425. The van der Waals surface area contributed by atoms with Crippen LogP contribution in [0.4, 0.5) is 0 Å². The van der Waals surface area contributed by atoms with Crippen LogP contribution in [0.15, 0.2) is 6.07 Å². The summed E-state index contributed by atoms with van der Waals surface area (Å²) < 4.78 is 0. The van der Waals surface area contributed by atoms with E-state index in [-0.39, 0.29) is 6.04 Å². The first-order chi connectivity index (χ1) is 9.31. The molecule has 0 aliphatic carbocycles. The minimum atomic E-state index is -0.444. The van der Waals surface area contributed by atoms with Crippen LogP contribution in [0.25, 0.3) is 0 Å². The molecule has 0 saturated carbocycles. The van der Waals surface area contributed by atoms with E-state index < -0.39 is 6.10 Å². The van der Waals surface area contributed by atoms with Gasteiger partial charge in [-0.3, -0.25) is 0 Å². The molecular formula is C18H31NO. The molecule has 2 heteroatoms. The minimum absolute atomic E-state index is 0.105. The van der Waals surface area contributed by atoms with Gasteiger partial charge in [-0.25, -0.2) is 0 Å². The van der Waals surface area contributed by atoms with Crippen LogP contribution in [0.3, 0.4) is 0 Å². The van der Waals surface area contributed by atoms with E-state index in [1.165, 1.54) is 22.3 Å². The summed E-state index contributed by atoms with van der Waals surface area (Å²) in [5.41, 5.74) is 6.10. The molecule has 2 unspecified atom stereocenters. The molecule has 0 amide bonds. The van der Waals surface area contributed by atoms with Crippen molar-refractivity contribution in [1.29, 1.82) is 0 Å². The van der Waals surface area contributed by atoms with Gasteiger partial charge in [-0.1, -0.05) is 26.8 Å². The second-order valence-corrected chi connectivity index (χ2v) is 6.34. The molecule has 0 bridgehead atoms. The Labute approximate surface area is 124 Å². The van der Waals surface area contributed by atoms with Crippen LogP contribution >= 0.6 is 0 Å². The molecule has 1 rings (SSSR count). The number of aryl methyl sites for hydroxylation is 2. The second-order valence-electron chi connectivity index (χ2n) is 6.34. The zero-order chi connectivity index (χ0) is 15.4. The van der Waals surface area contributed by atoms with Crippen LogP contribution in [0.2, 0.25) is 0 Å². The molecule has 0 radical (unpaired) electrons. The van der Waals surface area contributed by atoms with Crippen LogP contribution in [0.1, 0.15) is 61.1 Å². The lowest BCUT2D eigenvalue weighted by molar-refractivity contribution is 0.104. The van der Waals surface area contributed by atoms with Gasteiger partial charge in [-0.2, -0.15) is 0 Å². The Hall–Kier alpha value is -0.860. The van der Waals surface area contributed by atoms with Crippen molar-refractivity contribution in [3.8, 4) is 0 Å². The van der Waals surface area contributed by atoms with E-state index in [4.69, 9.17) is 0 Å². The number of aliphatic hydroxyl groups excluding tert-OH is 1. The third-order valence-electron chi connectivity index (χ3n) is 4.41. The van der Waals surface area contributed by atoms with Gasteiger partial charge >= 0.3 is 0 Å². The van der Waals surface area contributed by atoms with Crippen LogP contribution < -0.4 is 5.32 Å². The summed E-state index contributed by atoms with van der Waals surface area (Å²) in [6, 6.07) is 2.32. The molecule has 0 saturated heterocycles. The molecule has 1 aromatic rings. The molecule has 0 fully saturated rings. The number of hydrogen-bond donors (Lipinski definition) is 2. The number of nitrogens with one attached hydrogen (secondary N) is 1. The third kappa shape index (κ3) is 3.62. The van der Waals surface area contributed by atoms with E-state index >= 15 is 0 Å². The SMILES string of the molecule is CCCNC(C(C)C)C(O)c1c(C)c(C)cc(C)c1C. The first kappa shape index (κ1) is 17.2. The molecule has 2 N–H and O–H groups in total. The fraction of sp³-hybridized carbons (Fsp3) is 0.667. The molecule has 0 spiro atoms. The van der Waals surface area contributed by atoms with Crippen molar-refractivity contribution in [2.24, 2.45) is 5.92 Å². The monoisotopic (exact) mass is 277 g/mol. The second kappa shape index (κ2) is 7.24. The number of benzene rings is 1. The molecule has 114 valence electrons. The highest BCUT2D eigenvalue weighted by atomic mass is 16.3. The van der Waals surface area contributed by atoms with Gasteiger partial charge in [0.2, 0.25) is 0 Å². The topological polar surface area (TPSA) is 32.3 Å². The lowest BCUT2D eigenvalue weighted by atomic mass is 9.85. The molecule has 0 aliphatic rings.